The summed E-state index contributed by atoms with van der Waals surface area (Å²) in [4.78, 5) is 0. The van der Waals surface area contributed by atoms with Crippen LogP contribution in [0.2, 0.25) is 0 Å². The van der Waals surface area contributed by atoms with Crippen molar-refractivity contribution < 1.29 is 9.47 Å². The van der Waals surface area contributed by atoms with E-state index in [-0.39, 0.29) is 0 Å². The lowest BCUT2D eigenvalue weighted by molar-refractivity contribution is 0.120. The first-order valence-corrected chi connectivity index (χ1v) is 7.43. The van der Waals surface area contributed by atoms with Crippen LogP contribution in [-0.4, -0.2) is 24.4 Å². The highest BCUT2D eigenvalue weighted by Gasteiger charge is 2.52. The normalized spacial score (nSPS) is 54.7. The third-order valence-corrected chi connectivity index (χ3v) is 5.77. The number of ether oxygens (including phenoxy) is 2. The van der Waals surface area contributed by atoms with E-state index in [9.17, 15) is 0 Å². The summed E-state index contributed by atoms with van der Waals surface area (Å²) in [6.07, 6.45) is 10.6. The van der Waals surface area contributed by atoms with Gasteiger partial charge in [-0.05, 0) is 55.8 Å². The van der Waals surface area contributed by atoms with E-state index in [0.717, 1.165) is 11.8 Å². The molecular weight excluding hydrogens is 212 g/mol. The molecule has 17 heavy (non-hydrogen) atoms. The molecule has 0 radical (unpaired) electrons. The predicted molar refractivity (Wildman–Crippen MR) is 65.8 cm³/mol. The quantitative estimate of drug-likeness (QED) is 0.688. The van der Waals surface area contributed by atoms with Gasteiger partial charge in [0.1, 0.15) is 0 Å². The average Bonchev–Trinajstić information content (AvgIpc) is 3.12. The maximum absolute atomic E-state index is 5.74. The summed E-state index contributed by atoms with van der Waals surface area (Å²) < 4.78 is 11.4. The van der Waals surface area contributed by atoms with Gasteiger partial charge in [-0.3, -0.25) is 0 Å². The van der Waals surface area contributed by atoms with E-state index < -0.39 is 0 Å². The standard InChI is InChI=1S/C15H24O2/c1-15(2)8-14-13(17-14)7-10(15)5-9-3-4-11-12(6-9)16-11/h9-14H,3-8H2,1-2H3. The Kier molecular flexibility index (Phi) is 2.21. The highest BCUT2D eigenvalue weighted by Crippen LogP contribution is 2.53. The summed E-state index contributed by atoms with van der Waals surface area (Å²) in [5, 5.41) is 0. The molecule has 2 heterocycles. The summed E-state index contributed by atoms with van der Waals surface area (Å²) in [7, 11) is 0. The molecule has 2 saturated heterocycles. The third-order valence-electron chi connectivity index (χ3n) is 5.77. The van der Waals surface area contributed by atoms with Crippen LogP contribution in [0, 0.1) is 17.3 Å². The molecule has 4 rings (SSSR count). The summed E-state index contributed by atoms with van der Waals surface area (Å²) in [6.45, 7) is 4.91. The first kappa shape index (κ1) is 10.8. The second kappa shape index (κ2) is 3.48. The molecule has 0 N–H and O–H groups in total. The zero-order chi connectivity index (χ0) is 11.6. The molecule has 0 spiro atoms. The second-order valence-electron chi connectivity index (χ2n) is 7.47. The molecule has 0 aromatic carbocycles. The molecule has 2 nitrogen and oxygen atoms in total. The molecule has 2 aliphatic heterocycles. The van der Waals surface area contributed by atoms with Gasteiger partial charge in [-0.1, -0.05) is 13.8 Å². The van der Waals surface area contributed by atoms with Gasteiger partial charge in [0.2, 0.25) is 0 Å². The molecule has 0 aromatic heterocycles. The lowest BCUT2D eigenvalue weighted by atomic mass is 9.65. The zero-order valence-corrected chi connectivity index (χ0v) is 11.0. The van der Waals surface area contributed by atoms with Gasteiger partial charge in [0.15, 0.2) is 0 Å². The molecular formula is C15H24O2. The third kappa shape index (κ3) is 1.94. The van der Waals surface area contributed by atoms with Gasteiger partial charge in [-0.25, -0.2) is 0 Å². The maximum atomic E-state index is 5.74. The molecule has 2 saturated carbocycles. The van der Waals surface area contributed by atoms with Gasteiger partial charge in [0, 0.05) is 0 Å². The van der Waals surface area contributed by atoms with Crippen LogP contribution in [-0.2, 0) is 9.47 Å². The fraction of sp³-hybridized carbons (Fsp3) is 1.00. The topological polar surface area (TPSA) is 25.1 Å². The van der Waals surface area contributed by atoms with Crippen molar-refractivity contribution in [1.29, 1.82) is 0 Å². The molecule has 4 aliphatic rings. The van der Waals surface area contributed by atoms with Gasteiger partial charge >= 0.3 is 0 Å². The van der Waals surface area contributed by atoms with Crippen LogP contribution in [0.1, 0.15) is 52.4 Å². The van der Waals surface area contributed by atoms with Crippen molar-refractivity contribution in [3.8, 4) is 0 Å². The van der Waals surface area contributed by atoms with Gasteiger partial charge in [0.05, 0.1) is 24.4 Å². The van der Waals surface area contributed by atoms with Crippen LogP contribution in [0.25, 0.3) is 0 Å². The van der Waals surface area contributed by atoms with Crippen LogP contribution in [0.3, 0.4) is 0 Å². The Labute approximate surface area is 104 Å². The van der Waals surface area contributed by atoms with E-state index in [1.165, 1.54) is 38.5 Å². The van der Waals surface area contributed by atoms with Gasteiger partial charge in [-0.2, -0.15) is 0 Å². The summed E-state index contributed by atoms with van der Waals surface area (Å²) in [5.41, 5.74) is 0.499. The van der Waals surface area contributed by atoms with Crippen LogP contribution >= 0.6 is 0 Å². The van der Waals surface area contributed by atoms with E-state index in [0.29, 0.717) is 29.8 Å². The van der Waals surface area contributed by atoms with Crippen molar-refractivity contribution in [3.05, 3.63) is 0 Å². The summed E-state index contributed by atoms with van der Waals surface area (Å²) in [5.74, 6) is 1.81. The van der Waals surface area contributed by atoms with Gasteiger partial charge < -0.3 is 9.47 Å². The maximum Gasteiger partial charge on any atom is 0.0847 e. The van der Waals surface area contributed by atoms with E-state index in [1.54, 1.807) is 0 Å². The minimum Gasteiger partial charge on any atom is -0.370 e. The Hall–Kier alpha value is -0.0800. The molecule has 2 heteroatoms. The van der Waals surface area contributed by atoms with Gasteiger partial charge in [0.25, 0.3) is 0 Å². The number of hydrogen-bond acceptors (Lipinski definition) is 2. The fourth-order valence-electron chi connectivity index (χ4n) is 4.37. The lowest BCUT2D eigenvalue weighted by Crippen LogP contribution is -2.34. The van der Waals surface area contributed by atoms with E-state index in [4.69, 9.17) is 9.47 Å². The van der Waals surface area contributed by atoms with Crippen molar-refractivity contribution in [1.82, 2.24) is 0 Å². The molecule has 6 unspecified atom stereocenters. The van der Waals surface area contributed by atoms with Crippen LogP contribution in [0.4, 0.5) is 0 Å². The first-order valence-electron chi connectivity index (χ1n) is 7.43. The Morgan fingerprint density at radius 2 is 1.71 bits per heavy atom. The number of epoxide rings is 2. The average molecular weight is 236 g/mol. The molecule has 4 fully saturated rings. The van der Waals surface area contributed by atoms with E-state index in [1.807, 2.05) is 0 Å². The van der Waals surface area contributed by atoms with Crippen LogP contribution in [0.15, 0.2) is 0 Å². The monoisotopic (exact) mass is 236 g/mol. The molecule has 96 valence electrons. The SMILES string of the molecule is CC1(C)CC2OC2CC1CC1CCC2OC2C1. The second-order valence-corrected chi connectivity index (χ2v) is 7.47. The Morgan fingerprint density at radius 1 is 0.941 bits per heavy atom. The molecule has 0 bridgehead atoms. The highest BCUT2D eigenvalue weighted by molar-refractivity contribution is 5.01. The molecule has 0 aromatic rings. The Morgan fingerprint density at radius 3 is 2.53 bits per heavy atom. The first-order chi connectivity index (χ1) is 8.12. The Balaban J connectivity index is 1.40. The van der Waals surface area contributed by atoms with Crippen LogP contribution in [0.5, 0.6) is 0 Å². The zero-order valence-electron chi connectivity index (χ0n) is 11.0. The lowest BCUT2D eigenvalue weighted by Gasteiger charge is -2.39. The highest BCUT2D eigenvalue weighted by atomic mass is 16.6. The number of hydrogen-bond donors (Lipinski definition) is 0. The molecule has 0 amide bonds. The smallest absolute Gasteiger partial charge is 0.0847 e. The minimum atomic E-state index is 0.499. The van der Waals surface area contributed by atoms with Crippen molar-refractivity contribution >= 4 is 0 Å². The summed E-state index contributed by atoms with van der Waals surface area (Å²) in [6, 6.07) is 0. The molecule has 2 aliphatic carbocycles. The van der Waals surface area contributed by atoms with Crippen molar-refractivity contribution in [3.63, 3.8) is 0 Å². The minimum absolute atomic E-state index is 0.499. The number of rotatable bonds is 2. The Bertz CT molecular complexity index is 325. The predicted octanol–water partition coefficient (Wildman–Crippen LogP) is 3.15. The van der Waals surface area contributed by atoms with Crippen molar-refractivity contribution in [2.45, 2.75) is 76.8 Å². The fourth-order valence-corrected chi connectivity index (χ4v) is 4.37. The summed E-state index contributed by atoms with van der Waals surface area (Å²) >= 11 is 0. The number of fused-ring (bicyclic) bond motifs is 2. The van der Waals surface area contributed by atoms with Crippen molar-refractivity contribution in [2.24, 2.45) is 17.3 Å². The molecule has 6 atom stereocenters. The largest absolute Gasteiger partial charge is 0.370 e. The van der Waals surface area contributed by atoms with E-state index in [2.05, 4.69) is 13.8 Å². The van der Waals surface area contributed by atoms with E-state index >= 15 is 0 Å². The van der Waals surface area contributed by atoms with Crippen LogP contribution < -0.4 is 0 Å². The van der Waals surface area contributed by atoms with Gasteiger partial charge in [-0.15, -0.1) is 0 Å². The van der Waals surface area contributed by atoms with Crippen molar-refractivity contribution in [2.75, 3.05) is 0 Å².